The highest BCUT2D eigenvalue weighted by molar-refractivity contribution is 5.91. The lowest BCUT2D eigenvalue weighted by atomic mass is 10.3. The number of carbonyl (C=O) groups is 1. The highest BCUT2D eigenvalue weighted by Crippen LogP contribution is 2.01. The molecule has 92 valence electrons. The van der Waals surface area contributed by atoms with E-state index in [0.29, 0.717) is 5.57 Å². The van der Waals surface area contributed by atoms with E-state index in [1.807, 2.05) is 7.05 Å². The molecule has 0 atom stereocenters. The van der Waals surface area contributed by atoms with Crippen molar-refractivity contribution in [2.24, 2.45) is 0 Å². The Balaban J connectivity index is 2.14. The molecule has 0 N–H and O–H groups in total. The summed E-state index contributed by atoms with van der Waals surface area (Å²) in [6.45, 7) is 10.9. The third kappa shape index (κ3) is 4.33. The van der Waals surface area contributed by atoms with Crippen LogP contribution in [0.25, 0.3) is 0 Å². The second-order valence-electron chi connectivity index (χ2n) is 4.31. The molecule has 0 radical (unpaired) electrons. The predicted molar refractivity (Wildman–Crippen MR) is 64.3 cm³/mol. The Morgan fingerprint density at radius 3 is 2.62 bits per heavy atom. The van der Waals surface area contributed by atoms with E-state index >= 15 is 0 Å². The lowest BCUT2D eigenvalue weighted by Crippen LogP contribution is -2.38. The first-order valence-corrected chi connectivity index (χ1v) is 5.82. The average Bonchev–Trinajstić information content (AvgIpc) is 2.29. The third-order valence-corrected chi connectivity index (χ3v) is 2.78. The number of hydrogen-bond acceptors (Lipinski definition) is 3. The number of morpholine rings is 1. The summed E-state index contributed by atoms with van der Waals surface area (Å²) in [6.07, 6.45) is 1.01. The van der Waals surface area contributed by atoms with Crippen molar-refractivity contribution in [2.75, 3.05) is 46.4 Å². The summed E-state index contributed by atoms with van der Waals surface area (Å²) >= 11 is 0. The molecule has 4 heteroatoms. The fourth-order valence-corrected chi connectivity index (χ4v) is 1.78. The Morgan fingerprint density at radius 1 is 1.44 bits per heavy atom. The average molecular weight is 226 g/mol. The van der Waals surface area contributed by atoms with Gasteiger partial charge < -0.3 is 9.64 Å². The van der Waals surface area contributed by atoms with Gasteiger partial charge in [0, 0.05) is 38.8 Å². The van der Waals surface area contributed by atoms with Crippen LogP contribution in [0.1, 0.15) is 13.3 Å². The molecule has 0 aromatic rings. The zero-order chi connectivity index (χ0) is 12.0. The Morgan fingerprint density at radius 2 is 2.06 bits per heavy atom. The van der Waals surface area contributed by atoms with Crippen LogP contribution in [0.2, 0.25) is 0 Å². The predicted octanol–water partition coefficient (Wildman–Crippen LogP) is 0.743. The maximum Gasteiger partial charge on any atom is 0.248 e. The number of rotatable bonds is 5. The molecule has 0 bridgehead atoms. The standard InChI is InChI=1S/C12H22N2O2/c1-11(2)12(15)13(3)5-4-6-14-7-9-16-10-8-14/h1,4-10H2,2-3H3. The van der Waals surface area contributed by atoms with E-state index in [2.05, 4.69) is 11.5 Å². The molecular formula is C12H22N2O2. The highest BCUT2D eigenvalue weighted by atomic mass is 16.5. The maximum atomic E-state index is 11.5. The first kappa shape index (κ1) is 13.2. The summed E-state index contributed by atoms with van der Waals surface area (Å²) in [5.41, 5.74) is 0.605. The number of hydrogen-bond donors (Lipinski definition) is 0. The van der Waals surface area contributed by atoms with Crippen LogP contribution in [-0.4, -0.2) is 62.1 Å². The molecule has 16 heavy (non-hydrogen) atoms. The molecule has 1 fully saturated rings. The molecule has 0 aliphatic carbocycles. The van der Waals surface area contributed by atoms with Gasteiger partial charge in [0.2, 0.25) is 5.91 Å². The number of ether oxygens (including phenoxy) is 1. The van der Waals surface area contributed by atoms with Crippen molar-refractivity contribution in [1.82, 2.24) is 9.80 Å². The fourth-order valence-electron chi connectivity index (χ4n) is 1.78. The van der Waals surface area contributed by atoms with Crippen LogP contribution < -0.4 is 0 Å². The SMILES string of the molecule is C=C(C)C(=O)N(C)CCCN1CCOCC1. The molecule has 1 amide bonds. The zero-order valence-electron chi connectivity index (χ0n) is 10.4. The van der Waals surface area contributed by atoms with Gasteiger partial charge in [-0.2, -0.15) is 0 Å². The smallest absolute Gasteiger partial charge is 0.248 e. The van der Waals surface area contributed by atoms with E-state index < -0.39 is 0 Å². The van der Waals surface area contributed by atoms with E-state index in [4.69, 9.17) is 4.74 Å². The van der Waals surface area contributed by atoms with Crippen LogP contribution in [0.5, 0.6) is 0 Å². The first-order valence-electron chi connectivity index (χ1n) is 5.82. The minimum atomic E-state index is 0.0435. The van der Waals surface area contributed by atoms with Crippen LogP contribution in [0.3, 0.4) is 0 Å². The minimum Gasteiger partial charge on any atom is -0.379 e. The van der Waals surface area contributed by atoms with Crippen molar-refractivity contribution in [1.29, 1.82) is 0 Å². The summed E-state index contributed by atoms with van der Waals surface area (Å²) in [5.74, 6) is 0.0435. The van der Waals surface area contributed by atoms with Gasteiger partial charge in [0.1, 0.15) is 0 Å². The monoisotopic (exact) mass is 226 g/mol. The van der Waals surface area contributed by atoms with E-state index in [-0.39, 0.29) is 5.91 Å². The summed E-state index contributed by atoms with van der Waals surface area (Å²) in [6, 6.07) is 0. The molecule has 0 aromatic carbocycles. The van der Waals surface area contributed by atoms with Crippen LogP contribution in [-0.2, 0) is 9.53 Å². The lowest BCUT2D eigenvalue weighted by molar-refractivity contribution is -0.125. The molecule has 1 aliphatic heterocycles. The Labute approximate surface area is 97.9 Å². The molecule has 1 aliphatic rings. The molecule has 0 unspecified atom stereocenters. The van der Waals surface area contributed by atoms with Gasteiger partial charge in [-0.3, -0.25) is 9.69 Å². The maximum absolute atomic E-state index is 11.5. The van der Waals surface area contributed by atoms with Crippen LogP contribution in [0, 0.1) is 0 Å². The van der Waals surface area contributed by atoms with E-state index in [1.165, 1.54) is 0 Å². The van der Waals surface area contributed by atoms with Crippen molar-refractivity contribution in [2.45, 2.75) is 13.3 Å². The van der Waals surface area contributed by atoms with Crippen molar-refractivity contribution in [3.8, 4) is 0 Å². The van der Waals surface area contributed by atoms with E-state index in [0.717, 1.165) is 45.8 Å². The summed E-state index contributed by atoms with van der Waals surface area (Å²) in [7, 11) is 1.83. The van der Waals surface area contributed by atoms with Gasteiger partial charge in [0.05, 0.1) is 13.2 Å². The fraction of sp³-hybridized carbons (Fsp3) is 0.750. The van der Waals surface area contributed by atoms with Gasteiger partial charge in [-0.25, -0.2) is 0 Å². The molecule has 0 saturated carbocycles. The van der Waals surface area contributed by atoms with Crippen molar-refractivity contribution < 1.29 is 9.53 Å². The number of amides is 1. The second-order valence-corrected chi connectivity index (χ2v) is 4.31. The lowest BCUT2D eigenvalue weighted by Gasteiger charge is -2.27. The minimum absolute atomic E-state index is 0.0435. The topological polar surface area (TPSA) is 32.8 Å². The normalized spacial score (nSPS) is 17.1. The van der Waals surface area contributed by atoms with Gasteiger partial charge in [-0.15, -0.1) is 0 Å². The second kappa shape index (κ2) is 6.66. The number of carbonyl (C=O) groups excluding carboxylic acids is 1. The third-order valence-electron chi connectivity index (χ3n) is 2.78. The van der Waals surface area contributed by atoms with Crippen molar-refractivity contribution in [3.05, 3.63) is 12.2 Å². The summed E-state index contributed by atoms with van der Waals surface area (Å²) in [4.78, 5) is 15.6. The van der Waals surface area contributed by atoms with Crippen molar-refractivity contribution in [3.63, 3.8) is 0 Å². The van der Waals surface area contributed by atoms with Gasteiger partial charge in [-0.1, -0.05) is 6.58 Å². The van der Waals surface area contributed by atoms with Gasteiger partial charge in [-0.05, 0) is 13.3 Å². The number of likely N-dealkylation sites (N-methyl/N-ethyl adjacent to an activating group) is 1. The molecular weight excluding hydrogens is 204 g/mol. The summed E-state index contributed by atoms with van der Waals surface area (Å²) in [5, 5.41) is 0. The van der Waals surface area contributed by atoms with Crippen LogP contribution >= 0.6 is 0 Å². The molecule has 1 saturated heterocycles. The number of nitrogens with zero attached hydrogens (tertiary/aromatic N) is 2. The molecule has 4 nitrogen and oxygen atoms in total. The Kier molecular flexibility index (Phi) is 5.49. The van der Waals surface area contributed by atoms with Crippen LogP contribution in [0.4, 0.5) is 0 Å². The first-order chi connectivity index (χ1) is 7.61. The van der Waals surface area contributed by atoms with Gasteiger partial charge >= 0.3 is 0 Å². The Bertz CT molecular complexity index is 247. The van der Waals surface area contributed by atoms with Crippen molar-refractivity contribution >= 4 is 5.91 Å². The van der Waals surface area contributed by atoms with E-state index in [9.17, 15) is 4.79 Å². The molecule has 0 aromatic heterocycles. The molecule has 1 rings (SSSR count). The Hall–Kier alpha value is -0.870. The largest absolute Gasteiger partial charge is 0.379 e. The molecule has 0 spiro atoms. The summed E-state index contributed by atoms with van der Waals surface area (Å²) < 4.78 is 5.28. The molecule has 1 heterocycles. The highest BCUT2D eigenvalue weighted by Gasteiger charge is 2.12. The quantitative estimate of drug-likeness (QED) is 0.648. The van der Waals surface area contributed by atoms with Crippen LogP contribution in [0.15, 0.2) is 12.2 Å². The zero-order valence-corrected chi connectivity index (χ0v) is 10.4. The van der Waals surface area contributed by atoms with E-state index in [1.54, 1.807) is 11.8 Å². The van der Waals surface area contributed by atoms with Gasteiger partial charge in [0.15, 0.2) is 0 Å². The van der Waals surface area contributed by atoms with Gasteiger partial charge in [0.25, 0.3) is 0 Å².